The van der Waals surface area contributed by atoms with Crippen molar-refractivity contribution < 1.29 is 9.53 Å². The number of Topliss-reactive ketones (excluding diaryl/α,β-unsaturated/α-hetero) is 1. The lowest BCUT2D eigenvalue weighted by molar-refractivity contribution is 0.101. The number of fused-ring (bicyclic) bond motifs is 3. The van der Waals surface area contributed by atoms with Crippen molar-refractivity contribution in [1.29, 1.82) is 0 Å². The maximum Gasteiger partial charge on any atom is 0.161 e. The van der Waals surface area contributed by atoms with E-state index < -0.39 is 0 Å². The lowest BCUT2D eigenvalue weighted by Gasteiger charge is -2.41. The van der Waals surface area contributed by atoms with Crippen LogP contribution >= 0.6 is 0 Å². The molecule has 16 rings (SSSR count). The number of morpholine rings is 1. The van der Waals surface area contributed by atoms with Crippen LogP contribution in [0, 0.1) is 0 Å². The summed E-state index contributed by atoms with van der Waals surface area (Å²) in [4.78, 5) is 42.7. The maximum absolute atomic E-state index is 11.8. The van der Waals surface area contributed by atoms with Gasteiger partial charge in [0.2, 0.25) is 0 Å². The summed E-state index contributed by atoms with van der Waals surface area (Å²) < 4.78 is 11.8. The molecule has 1 saturated carbocycles. The number of hydrogen-bond donors (Lipinski definition) is 3. The molecule has 12 aromatic rings. The van der Waals surface area contributed by atoms with Gasteiger partial charge in [-0.1, -0.05) is 89.4 Å². The number of benzene rings is 5. The van der Waals surface area contributed by atoms with Crippen molar-refractivity contribution in [3.05, 3.63) is 230 Å². The topological polar surface area (TPSA) is 143 Å². The van der Waals surface area contributed by atoms with Crippen LogP contribution in [0.3, 0.4) is 0 Å². The molecule has 0 bridgehead atoms. The van der Waals surface area contributed by atoms with Gasteiger partial charge in [0.15, 0.2) is 22.7 Å². The third-order valence-electron chi connectivity index (χ3n) is 20.7. The van der Waals surface area contributed by atoms with Crippen molar-refractivity contribution in [3.8, 4) is 33.8 Å². The minimum absolute atomic E-state index is 0.0579. The normalized spacial score (nSPS) is 15.7. The van der Waals surface area contributed by atoms with Crippen molar-refractivity contribution in [2.45, 2.75) is 104 Å². The molecule has 0 amide bonds. The van der Waals surface area contributed by atoms with Gasteiger partial charge in [-0.05, 0) is 190 Å². The largest absolute Gasteiger partial charge is 0.378 e. The van der Waals surface area contributed by atoms with Gasteiger partial charge in [0, 0.05) is 172 Å². The Balaban J connectivity index is 0.000000130. The number of nitrogens with zero attached hydrogens (tertiary/aromatic N) is 12. The number of nitrogens with one attached hydrogen (secondary N) is 3. The van der Waals surface area contributed by atoms with Gasteiger partial charge >= 0.3 is 0 Å². The third kappa shape index (κ3) is 15.9. The Hall–Kier alpha value is -10.3. The summed E-state index contributed by atoms with van der Waals surface area (Å²) in [5.74, 6) is 0.0579. The molecule has 17 heteroatoms. The molecule has 3 saturated heterocycles. The van der Waals surface area contributed by atoms with E-state index in [0.717, 1.165) is 163 Å². The second-order valence-corrected chi connectivity index (χ2v) is 28.7. The van der Waals surface area contributed by atoms with Crippen LogP contribution in [0.2, 0.25) is 0 Å². The number of piperazine rings is 2. The van der Waals surface area contributed by atoms with Gasteiger partial charge in [0.1, 0.15) is 0 Å². The van der Waals surface area contributed by atoms with Crippen LogP contribution in [0.25, 0.3) is 50.7 Å². The predicted molar refractivity (Wildman–Crippen MR) is 420 cm³/mol. The van der Waals surface area contributed by atoms with Crippen molar-refractivity contribution in [1.82, 2.24) is 42.9 Å². The van der Waals surface area contributed by atoms with Crippen molar-refractivity contribution >= 4 is 73.9 Å². The summed E-state index contributed by atoms with van der Waals surface area (Å²) in [6, 6.07) is 61.0. The fourth-order valence-electron chi connectivity index (χ4n) is 14.8. The highest BCUT2D eigenvalue weighted by molar-refractivity contribution is 5.95. The summed E-state index contributed by atoms with van der Waals surface area (Å²) in [7, 11) is 0. The van der Waals surface area contributed by atoms with E-state index >= 15 is 0 Å². The molecule has 4 aliphatic rings. The first kappa shape index (κ1) is 68.8. The number of ether oxygens (including phenoxy) is 1. The first-order chi connectivity index (χ1) is 49.8. The minimum Gasteiger partial charge on any atom is -0.378 e. The standard InChI is InChI=1S/C30H36N6.C30H37N5.C25H24N4O2/c1-2-24-22-23(14-15-31-24)29-13-12-28(30-32-16-17-36(29)30)33-25-8-10-27(11-9-25)35-20-18-34(19-21-35)26-6-4-3-5-7-26;1-22(2)33-18-20-34(21-19-33)26-12-10-25(11-13-26)32-27-14-15-28(35-17-16-31-29(27)35)23-6-8-24(9-7-23)30(3,4)5;1-18(30)19-3-2-4-20(17-19)24-10-9-23(25-26-11-12-29(24)25)27-21-5-7-22(8-6-21)28-13-15-31-16-14-28/h8-17,22,26,33H,2-7,18-21H2,1H3;6-17,22,32H,18-21H2,1-5H3;2-12,17,27H,13-16H2,1H3. The molecule has 3 N–H and O–H groups in total. The first-order valence-corrected chi connectivity index (χ1v) is 36.7. The quantitative estimate of drug-likeness (QED) is 0.0790. The lowest BCUT2D eigenvalue weighted by Crippen LogP contribution is -2.50. The average molecular weight is 1360 g/mol. The Morgan fingerprint density at radius 1 is 0.480 bits per heavy atom. The highest BCUT2D eigenvalue weighted by atomic mass is 16.5. The van der Waals surface area contributed by atoms with Gasteiger partial charge in [0.05, 0.1) is 47.4 Å². The van der Waals surface area contributed by atoms with Crippen molar-refractivity contribution in [2.75, 3.05) is 109 Å². The molecule has 10 heterocycles. The van der Waals surface area contributed by atoms with Crippen LogP contribution < -0.4 is 30.7 Å². The van der Waals surface area contributed by atoms with Gasteiger partial charge in [-0.2, -0.15) is 0 Å². The third-order valence-corrected chi connectivity index (χ3v) is 20.7. The Morgan fingerprint density at radius 3 is 1.38 bits per heavy atom. The van der Waals surface area contributed by atoms with Crippen LogP contribution in [0.1, 0.15) is 102 Å². The van der Waals surface area contributed by atoms with E-state index in [0.29, 0.717) is 11.6 Å². The van der Waals surface area contributed by atoms with Crippen LogP contribution in [0.5, 0.6) is 0 Å². The number of imidazole rings is 3. The van der Waals surface area contributed by atoms with E-state index in [1.54, 1.807) is 13.1 Å². The fraction of sp³-hybridized carbons (Fsp3) is 0.329. The molecule has 524 valence electrons. The molecule has 0 atom stereocenters. The minimum atomic E-state index is 0.0579. The van der Waals surface area contributed by atoms with E-state index in [4.69, 9.17) is 4.74 Å². The Labute approximate surface area is 600 Å². The van der Waals surface area contributed by atoms with E-state index in [-0.39, 0.29) is 11.2 Å². The molecule has 0 radical (unpaired) electrons. The molecule has 7 aromatic heterocycles. The molecule has 102 heavy (non-hydrogen) atoms. The van der Waals surface area contributed by atoms with E-state index in [1.807, 2.05) is 71.9 Å². The lowest BCUT2D eigenvalue weighted by atomic mass is 9.86. The van der Waals surface area contributed by atoms with Crippen LogP contribution in [0.15, 0.2) is 213 Å². The number of pyridine rings is 4. The van der Waals surface area contributed by atoms with E-state index in [2.05, 4.69) is 250 Å². The van der Waals surface area contributed by atoms with E-state index in [9.17, 15) is 4.79 Å². The summed E-state index contributed by atoms with van der Waals surface area (Å²) in [6.07, 6.45) is 21.4. The molecule has 1 aliphatic carbocycles. The number of ketones is 1. The highest BCUT2D eigenvalue weighted by Gasteiger charge is 2.26. The number of carbonyl (C=O) groups excluding carboxylic acids is 1. The molecule has 0 unspecified atom stereocenters. The van der Waals surface area contributed by atoms with Gasteiger partial charge in [-0.25, -0.2) is 15.0 Å². The fourth-order valence-corrected chi connectivity index (χ4v) is 14.8. The molecule has 4 fully saturated rings. The van der Waals surface area contributed by atoms with E-state index in [1.165, 1.54) is 73.4 Å². The number of rotatable bonds is 16. The Morgan fingerprint density at radius 2 is 0.931 bits per heavy atom. The van der Waals surface area contributed by atoms with Crippen LogP contribution in [-0.4, -0.2) is 139 Å². The molecule has 3 aliphatic heterocycles. The number of anilines is 9. The number of carbonyl (C=O) groups is 1. The maximum atomic E-state index is 11.8. The number of hydrogen-bond acceptors (Lipinski definition) is 14. The van der Waals surface area contributed by atoms with Gasteiger partial charge in [-0.15, -0.1) is 0 Å². The van der Waals surface area contributed by atoms with Crippen LogP contribution in [-0.2, 0) is 16.6 Å². The number of aryl methyl sites for hydroxylation is 1. The zero-order chi connectivity index (χ0) is 70.1. The summed E-state index contributed by atoms with van der Waals surface area (Å²) in [5.41, 5.74) is 22.4. The van der Waals surface area contributed by atoms with Crippen molar-refractivity contribution in [3.63, 3.8) is 0 Å². The second kappa shape index (κ2) is 31.3. The molecule has 5 aromatic carbocycles. The Bertz CT molecular complexity index is 4750. The Kier molecular flexibility index (Phi) is 21.1. The first-order valence-electron chi connectivity index (χ1n) is 36.7. The SMILES string of the molecule is CC(=O)c1cccc(-c2ccc(Nc3ccc(N4CCOCC4)cc3)c3nccn23)c1.CC(C)N1CCN(c2ccc(Nc3ccc(-c4ccc(C(C)(C)C)cc4)n4ccnc34)cc2)CC1.CCc1cc(-c2ccc(Nc3ccc(N4CCN(C5CCCCC5)CC4)cc3)c3nccn23)ccn1. The average Bonchev–Trinajstić information content (AvgIpc) is 1.56. The van der Waals surface area contributed by atoms with Gasteiger partial charge in [0.25, 0.3) is 0 Å². The molecular formula is C85H97N15O2. The zero-order valence-electron chi connectivity index (χ0n) is 60.3. The summed E-state index contributed by atoms with van der Waals surface area (Å²) in [6.45, 7) is 27.4. The smallest absolute Gasteiger partial charge is 0.161 e. The summed E-state index contributed by atoms with van der Waals surface area (Å²) in [5, 5.41) is 10.7. The van der Waals surface area contributed by atoms with Crippen LogP contribution in [0.4, 0.5) is 51.2 Å². The second-order valence-electron chi connectivity index (χ2n) is 28.7. The molecular weight excluding hydrogens is 1260 g/mol. The summed E-state index contributed by atoms with van der Waals surface area (Å²) >= 11 is 0. The van der Waals surface area contributed by atoms with Crippen molar-refractivity contribution in [2.24, 2.45) is 0 Å². The number of aromatic nitrogens is 7. The van der Waals surface area contributed by atoms with Gasteiger partial charge < -0.3 is 35.4 Å². The monoisotopic (exact) mass is 1360 g/mol. The zero-order valence-corrected chi connectivity index (χ0v) is 60.3. The van der Waals surface area contributed by atoms with Gasteiger partial charge in [-0.3, -0.25) is 32.8 Å². The highest BCUT2D eigenvalue weighted by Crippen LogP contribution is 2.35. The predicted octanol–water partition coefficient (Wildman–Crippen LogP) is 17.5. The molecule has 0 spiro atoms. The molecule has 17 nitrogen and oxygen atoms in total.